The van der Waals surface area contributed by atoms with Gasteiger partial charge in [0.05, 0.1) is 5.56 Å². The number of nitrogens with zero attached hydrogens (tertiary/aromatic N) is 3. The molecule has 3 rings (SSSR count). The quantitative estimate of drug-likeness (QED) is 0.612. The van der Waals surface area contributed by atoms with Crippen LogP contribution >= 0.6 is 0 Å². The van der Waals surface area contributed by atoms with E-state index >= 15 is 0 Å². The minimum Gasteiger partial charge on any atom is -0.353 e. The van der Waals surface area contributed by atoms with Gasteiger partial charge in [-0.15, -0.1) is 0 Å². The van der Waals surface area contributed by atoms with Gasteiger partial charge in [0.2, 0.25) is 5.91 Å². The smallest absolute Gasteiger partial charge is 0.256 e. The summed E-state index contributed by atoms with van der Waals surface area (Å²) in [6.45, 7) is 9.59. The van der Waals surface area contributed by atoms with Crippen molar-refractivity contribution in [3.8, 4) is 0 Å². The number of piperidine rings is 1. The fourth-order valence-corrected chi connectivity index (χ4v) is 4.48. The molecular formula is C26H37N5O2. The van der Waals surface area contributed by atoms with Crippen LogP contribution in [-0.2, 0) is 11.3 Å². The summed E-state index contributed by atoms with van der Waals surface area (Å²) in [5.74, 6) is 0.209. The molecule has 1 aromatic carbocycles. The molecule has 1 unspecified atom stereocenters. The number of carbonyl (C=O) groups excluding carboxylic acids is 2. The van der Waals surface area contributed by atoms with Crippen molar-refractivity contribution in [1.82, 2.24) is 20.1 Å². The van der Waals surface area contributed by atoms with E-state index in [1.807, 2.05) is 0 Å². The van der Waals surface area contributed by atoms with E-state index in [1.54, 1.807) is 29.4 Å². The van der Waals surface area contributed by atoms with E-state index in [9.17, 15) is 9.59 Å². The number of likely N-dealkylation sites (tertiary alicyclic amines) is 1. The highest BCUT2D eigenvalue weighted by atomic mass is 16.2. The van der Waals surface area contributed by atoms with Crippen molar-refractivity contribution in [2.45, 2.75) is 52.2 Å². The van der Waals surface area contributed by atoms with Gasteiger partial charge in [-0.3, -0.25) is 19.5 Å². The summed E-state index contributed by atoms with van der Waals surface area (Å²) in [6, 6.07) is 11.8. The molecule has 0 bridgehead atoms. The molecule has 0 saturated carbocycles. The van der Waals surface area contributed by atoms with Crippen LogP contribution in [0.4, 0.5) is 0 Å². The number of hydrogen-bond acceptors (Lipinski definition) is 5. The minimum atomic E-state index is -0.532. The third-order valence-electron chi connectivity index (χ3n) is 6.11. The van der Waals surface area contributed by atoms with Crippen LogP contribution in [-0.4, -0.2) is 64.9 Å². The Bertz CT molecular complexity index is 901. The summed E-state index contributed by atoms with van der Waals surface area (Å²) < 4.78 is 0. The van der Waals surface area contributed by atoms with Crippen LogP contribution in [0.3, 0.4) is 0 Å². The van der Waals surface area contributed by atoms with Crippen LogP contribution in [0.1, 0.15) is 48.2 Å². The predicted octanol–water partition coefficient (Wildman–Crippen LogP) is 2.60. The van der Waals surface area contributed by atoms with Crippen molar-refractivity contribution >= 4 is 11.8 Å². The Morgan fingerprint density at radius 3 is 2.64 bits per heavy atom. The zero-order valence-corrected chi connectivity index (χ0v) is 20.0. The fraction of sp³-hybridized carbons (Fsp3) is 0.500. The Kier molecular flexibility index (Phi) is 8.97. The van der Waals surface area contributed by atoms with Crippen molar-refractivity contribution in [3.05, 3.63) is 65.5 Å². The predicted molar refractivity (Wildman–Crippen MR) is 131 cm³/mol. The summed E-state index contributed by atoms with van der Waals surface area (Å²) in [5, 5.41) is 2.90. The summed E-state index contributed by atoms with van der Waals surface area (Å²) in [7, 11) is 0. The van der Waals surface area contributed by atoms with E-state index in [-0.39, 0.29) is 17.9 Å². The average molecular weight is 452 g/mol. The van der Waals surface area contributed by atoms with Crippen LogP contribution < -0.4 is 11.1 Å². The number of amides is 2. The van der Waals surface area contributed by atoms with E-state index in [0.29, 0.717) is 37.5 Å². The number of nitrogens with one attached hydrogen (secondary N) is 1. The Hall–Kier alpha value is -2.77. The van der Waals surface area contributed by atoms with Gasteiger partial charge in [-0.2, -0.15) is 0 Å². The standard InChI is InChI=1S/C26H37N5O2/c1-19(2)17-30(18-21-8-6-20(3)7-9-21)23-10-14-31(24(15-23)25(32)29-13-11-27)26(33)22-5-4-12-28-16-22/h4-9,12,16,19,23-24H,10-11,13-15,17-18,27H2,1-3H3,(H,29,32)/t23?,24-/m1/s1. The molecule has 178 valence electrons. The summed E-state index contributed by atoms with van der Waals surface area (Å²) in [4.78, 5) is 34.6. The largest absolute Gasteiger partial charge is 0.353 e. The fourth-order valence-electron chi connectivity index (χ4n) is 4.48. The Morgan fingerprint density at radius 1 is 1.24 bits per heavy atom. The van der Waals surface area contributed by atoms with Crippen molar-refractivity contribution in [1.29, 1.82) is 0 Å². The molecule has 7 nitrogen and oxygen atoms in total. The molecule has 1 aliphatic rings. The maximum absolute atomic E-state index is 13.2. The number of pyridine rings is 1. The van der Waals surface area contributed by atoms with Crippen LogP contribution in [0, 0.1) is 12.8 Å². The van der Waals surface area contributed by atoms with Crippen LogP contribution in [0.2, 0.25) is 0 Å². The van der Waals surface area contributed by atoms with Gasteiger partial charge in [-0.05, 0) is 43.4 Å². The van der Waals surface area contributed by atoms with Crippen molar-refractivity contribution < 1.29 is 9.59 Å². The summed E-state index contributed by atoms with van der Waals surface area (Å²) in [5.41, 5.74) is 8.62. The second-order valence-electron chi connectivity index (χ2n) is 9.32. The van der Waals surface area contributed by atoms with Gasteiger partial charge in [-0.25, -0.2) is 0 Å². The number of carbonyl (C=O) groups is 2. The van der Waals surface area contributed by atoms with Gasteiger partial charge < -0.3 is 16.0 Å². The normalized spacial score (nSPS) is 18.5. The first-order chi connectivity index (χ1) is 15.9. The molecule has 3 N–H and O–H groups in total. The highest BCUT2D eigenvalue weighted by Gasteiger charge is 2.38. The zero-order chi connectivity index (χ0) is 23.8. The van der Waals surface area contributed by atoms with Gasteiger partial charge >= 0.3 is 0 Å². The lowest BCUT2D eigenvalue weighted by molar-refractivity contribution is -0.127. The number of hydrogen-bond donors (Lipinski definition) is 2. The lowest BCUT2D eigenvalue weighted by Crippen LogP contribution is -2.57. The number of benzene rings is 1. The maximum Gasteiger partial charge on any atom is 0.256 e. The minimum absolute atomic E-state index is 0.137. The second kappa shape index (κ2) is 11.9. The third kappa shape index (κ3) is 6.85. The molecule has 7 heteroatoms. The molecule has 1 aliphatic heterocycles. The maximum atomic E-state index is 13.2. The highest BCUT2D eigenvalue weighted by Crippen LogP contribution is 2.26. The van der Waals surface area contributed by atoms with Crippen molar-refractivity contribution in [2.24, 2.45) is 11.7 Å². The molecular weight excluding hydrogens is 414 g/mol. The number of rotatable bonds is 9. The SMILES string of the molecule is Cc1ccc(CN(CC(C)C)C2CCN(C(=O)c3cccnc3)[C@@H](C(=O)NCCN)C2)cc1. The van der Waals surface area contributed by atoms with Crippen molar-refractivity contribution in [3.63, 3.8) is 0 Å². The monoisotopic (exact) mass is 451 g/mol. The van der Waals surface area contributed by atoms with Crippen LogP contribution in [0.15, 0.2) is 48.8 Å². The van der Waals surface area contributed by atoms with Crippen molar-refractivity contribution in [2.75, 3.05) is 26.2 Å². The van der Waals surface area contributed by atoms with Gasteiger partial charge in [0.1, 0.15) is 6.04 Å². The molecule has 2 aromatic rings. The molecule has 0 radical (unpaired) electrons. The molecule has 2 amide bonds. The second-order valence-corrected chi connectivity index (χ2v) is 9.32. The molecule has 33 heavy (non-hydrogen) atoms. The van der Waals surface area contributed by atoms with E-state index in [1.165, 1.54) is 11.1 Å². The first-order valence-corrected chi connectivity index (χ1v) is 11.9. The lowest BCUT2D eigenvalue weighted by atomic mass is 9.93. The Labute approximate surface area is 197 Å². The van der Waals surface area contributed by atoms with E-state index < -0.39 is 6.04 Å². The first-order valence-electron chi connectivity index (χ1n) is 11.9. The van der Waals surface area contributed by atoms with E-state index in [4.69, 9.17) is 5.73 Å². The van der Waals surface area contributed by atoms with E-state index in [2.05, 4.69) is 60.2 Å². The number of nitrogens with two attached hydrogens (primary N) is 1. The first kappa shape index (κ1) is 24.9. The Morgan fingerprint density at radius 2 is 2.00 bits per heavy atom. The molecule has 2 heterocycles. The molecule has 1 fully saturated rings. The third-order valence-corrected chi connectivity index (χ3v) is 6.11. The van der Waals surface area contributed by atoms with Crippen LogP contribution in [0.25, 0.3) is 0 Å². The summed E-state index contributed by atoms with van der Waals surface area (Å²) in [6.07, 6.45) is 4.63. The lowest BCUT2D eigenvalue weighted by Gasteiger charge is -2.43. The Balaban J connectivity index is 1.81. The van der Waals surface area contributed by atoms with E-state index in [0.717, 1.165) is 19.5 Å². The van der Waals surface area contributed by atoms with Gasteiger partial charge in [0.25, 0.3) is 5.91 Å². The number of aryl methyl sites for hydroxylation is 1. The molecule has 0 spiro atoms. The molecule has 1 saturated heterocycles. The van der Waals surface area contributed by atoms with Gasteiger partial charge in [0.15, 0.2) is 0 Å². The topological polar surface area (TPSA) is 91.6 Å². The molecule has 1 aromatic heterocycles. The summed E-state index contributed by atoms with van der Waals surface area (Å²) >= 11 is 0. The molecule has 2 atom stereocenters. The highest BCUT2D eigenvalue weighted by molar-refractivity contribution is 5.97. The van der Waals surface area contributed by atoms with Gasteiger partial charge in [0, 0.05) is 51.2 Å². The van der Waals surface area contributed by atoms with Crippen LogP contribution in [0.5, 0.6) is 0 Å². The van der Waals surface area contributed by atoms with Gasteiger partial charge in [-0.1, -0.05) is 43.7 Å². The molecule has 0 aliphatic carbocycles. The zero-order valence-electron chi connectivity index (χ0n) is 20.0. The number of aromatic nitrogens is 1. The average Bonchev–Trinajstić information content (AvgIpc) is 2.83.